The minimum absolute atomic E-state index is 0.269. The van der Waals surface area contributed by atoms with Gasteiger partial charge in [0.25, 0.3) is 0 Å². The van der Waals surface area contributed by atoms with Gasteiger partial charge in [0, 0.05) is 25.2 Å². The Morgan fingerprint density at radius 2 is 2.31 bits per heavy atom. The van der Waals surface area contributed by atoms with E-state index in [1.807, 2.05) is 0 Å². The largest absolute Gasteiger partial charge is 0.395 e. The molecule has 1 fully saturated rings. The molecule has 1 saturated heterocycles. The monoisotopic (exact) mass is 186 g/mol. The zero-order chi connectivity index (χ0) is 9.68. The van der Waals surface area contributed by atoms with E-state index in [1.54, 1.807) is 0 Å². The number of rotatable bonds is 5. The maximum absolute atomic E-state index is 8.90. The van der Waals surface area contributed by atoms with Crippen LogP contribution < -0.4 is 5.32 Å². The third-order valence-corrected chi connectivity index (χ3v) is 2.73. The number of nitrogens with zero attached hydrogens (tertiary/aromatic N) is 1. The molecule has 3 nitrogen and oxygen atoms in total. The number of aliphatic hydroxyl groups excluding tert-OH is 1. The highest BCUT2D eigenvalue weighted by Gasteiger charge is 2.18. The Hall–Kier alpha value is -0.120. The van der Waals surface area contributed by atoms with Crippen LogP contribution >= 0.6 is 0 Å². The molecule has 1 aliphatic heterocycles. The highest BCUT2D eigenvalue weighted by atomic mass is 16.3. The second kappa shape index (κ2) is 5.58. The van der Waals surface area contributed by atoms with Crippen molar-refractivity contribution in [3.63, 3.8) is 0 Å². The van der Waals surface area contributed by atoms with Gasteiger partial charge in [0.05, 0.1) is 6.61 Å². The van der Waals surface area contributed by atoms with E-state index in [0.29, 0.717) is 12.1 Å². The molecule has 0 amide bonds. The summed E-state index contributed by atoms with van der Waals surface area (Å²) in [7, 11) is 0. The van der Waals surface area contributed by atoms with Crippen molar-refractivity contribution in [1.82, 2.24) is 10.2 Å². The number of hydrogen-bond donors (Lipinski definition) is 2. The zero-order valence-corrected chi connectivity index (χ0v) is 8.79. The van der Waals surface area contributed by atoms with Crippen LogP contribution in [0.5, 0.6) is 0 Å². The summed E-state index contributed by atoms with van der Waals surface area (Å²) in [4.78, 5) is 2.34. The Morgan fingerprint density at radius 3 is 2.77 bits per heavy atom. The van der Waals surface area contributed by atoms with Crippen molar-refractivity contribution in [2.75, 3.05) is 26.2 Å². The molecule has 78 valence electrons. The van der Waals surface area contributed by atoms with Crippen molar-refractivity contribution in [1.29, 1.82) is 0 Å². The van der Waals surface area contributed by atoms with Gasteiger partial charge in [-0.2, -0.15) is 0 Å². The van der Waals surface area contributed by atoms with Crippen LogP contribution in [-0.4, -0.2) is 48.3 Å². The number of hydrogen-bond acceptors (Lipinski definition) is 3. The molecule has 0 radical (unpaired) electrons. The lowest BCUT2D eigenvalue weighted by Gasteiger charge is -2.28. The topological polar surface area (TPSA) is 35.5 Å². The molecule has 1 unspecified atom stereocenters. The van der Waals surface area contributed by atoms with Crippen molar-refractivity contribution in [3.8, 4) is 0 Å². The van der Waals surface area contributed by atoms with Gasteiger partial charge in [0.15, 0.2) is 0 Å². The highest BCUT2D eigenvalue weighted by molar-refractivity contribution is 4.78. The molecule has 0 bridgehead atoms. The lowest BCUT2D eigenvalue weighted by molar-refractivity contribution is 0.155. The molecule has 1 atom stereocenters. The molecule has 1 heterocycles. The molecule has 0 aliphatic carbocycles. The maximum Gasteiger partial charge on any atom is 0.0558 e. The lowest BCUT2D eigenvalue weighted by atomic mass is 10.2. The zero-order valence-electron chi connectivity index (χ0n) is 8.79. The van der Waals surface area contributed by atoms with E-state index in [9.17, 15) is 0 Å². The minimum Gasteiger partial charge on any atom is -0.395 e. The van der Waals surface area contributed by atoms with Crippen LogP contribution in [-0.2, 0) is 0 Å². The molecular weight excluding hydrogens is 164 g/mol. The predicted octanol–water partition coefficient (Wildman–Crippen LogP) is 0.441. The van der Waals surface area contributed by atoms with Crippen LogP contribution in [0.1, 0.15) is 26.7 Å². The molecule has 1 rings (SSSR count). The summed E-state index contributed by atoms with van der Waals surface area (Å²) in [6.07, 6.45) is 2.59. The molecule has 0 aromatic rings. The van der Waals surface area contributed by atoms with Gasteiger partial charge < -0.3 is 10.4 Å². The summed E-state index contributed by atoms with van der Waals surface area (Å²) in [6.45, 7) is 7.68. The molecule has 0 spiro atoms. The van der Waals surface area contributed by atoms with E-state index in [2.05, 4.69) is 24.1 Å². The van der Waals surface area contributed by atoms with E-state index in [-0.39, 0.29) is 6.61 Å². The van der Waals surface area contributed by atoms with Crippen LogP contribution in [0.2, 0.25) is 0 Å². The van der Waals surface area contributed by atoms with Gasteiger partial charge in [-0.05, 0) is 33.2 Å². The molecule has 3 heteroatoms. The molecule has 13 heavy (non-hydrogen) atoms. The number of aliphatic hydroxyl groups is 1. The van der Waals surface area contributed by atoms with Gasteiger partial charge in [-0.15, -0.1) is 0 Å². The second-order valence-corrected chi connectivity index (χ2v) is 4.11. The summed E-state index contributed by atoms with van der Waals surface area (Å²) >= 11 is 0. The van der Waals surface area contributed by atoms with Crippen molar-refractivity contribution < 1.29 is 5.11 Å². The summed E-state index contributed by atoms with van der Waals surface area (Å²) in [6, 6.07) is 1.18. The SMILES string of the molecule is CC(C)N(CCO)CC1CCCN1. The molecule has 2 N–H and O–H groups in total. The summed E-state index contributed by atoms with van der Waals surface area (Å²) in [5.74, 6) is 0. The van der Waals surface area contributed by atoms with Crippen LogP contribution in [0.4, 0.5) is 0 Å². The molecule has 1 aliphatic rings. The summed E-state index contributed by atoms with van der Waals surface area (Å²) in [5, 5.41) is 12.4. The van der Waals surface area contributed by atoms with E-state index < -0.39 is 0 Å². The fourth-order valence-electron chi connectivity index (χ4n) is 1.88. The average Bonchev–Trinajstić information content (AvgIpc) is 2.56. The summed E-state index contributed by atoms with van der Waals surface area (Å²) < 4.78 is 0. The van der Waals surface area contributed by atoms with Gasteiger partial charge in [0.1, 0.15) is 0 Å². The third kappa shape index (κ3) is 3.63. The average molecular weight is 186 g/mol. The Kier molecular flexibility index (Phi) is 4.70. The predicted molar refractivity (Wildman–Crippen MR) is 54.8 cm³/mol. The fraction of sp³-hybridized carbons (Fsp3) is 1.00. The van der Waals surface area contributed by atoms with Crippen LogP contribution in [0.3, 0.4) is 0 Å². The first-order chi connectivity index (χ1) is 6.24. The lowest BCUT2D eigenvalue weighted by Crippen LogP contribution is -2.42. The van der Waals surface area contributed by atoms with Gasteiger partial charge in [0.2, 0.25) is 0 Å². The Labute approximate surface area is 81.1 Å². The molecule has 0 aromatic heterocycles. The number of nitrogens with one attached hydrogen (secondary N) is 1. The molecule has 0 aromatic carbocycles. The van der Waals surface area contributed by atoms with Crippen molar-refractivity contribution >= 4 is 0 Å². The fourth-order valence-corrected chi connectivity index (χ4v) is 1.88. The summed E-state index contributed by atoms with van der Waals surface area (Å²) in [5.41, 5.74) is 0. The smallest absolute Gasteiger partial charge is 0.0558 e. The van der Waals surface area contributed by atoms with Gasteiger partial charge in [-0.3, -0.25) is 4.90 Å². The van der Waals surface area contributed by atoms with Crippen LogP contribution in [0.25, 0.3) is 0 Å². The molecular formula is C10H22N2O. The van der Waals surface area contributed by atoms with Crippen LogP contribution in [0, 0.1) is 0 Å². The van der Waals surface area contributed by atoms with E-state index in [0.717, 1.165) is 19.6 Å². The first kappa shape index (κ1) is 11.0. The maximum atomic E-state index is 8.90. The first-order valence-electron chi connectivity index (χ1n) is 5.32. The third-order valence-electron chi connectivity index (χ3n) is 2.73. The normalized spacial score (nSPS) is 23.3. The second-order valence-electron chi connectivity index (χ2n) is 4.11. The van der Waals surface area contributed by atoms with Gasteiger partial charge >= 0.3 is 0 Å². The highest BCUT2D eigenvalue weighted by Crippen LogP contribution is 2.08. The van der Waals surface area contributed by atoms with Crippen molar-refractivity contribution in [3.05, 3.63) is 0 Å². The molecule has 0 saturated carbocycles. The Balaban J connectivity index is 2.27. The van der Waals surface area contributed by atoms with E-state index in [4.69, 9.17) is 5.11 Å². The quantitative estimate of drug-likeness (QED) is 0.654. The Morgan fingerprint density at radius 1 is 1.54 bits per heavy atom. The Bertz CT molecular complexity index is 133. The van der Waals surface area contributed by atoms with Crippen molar-refractivity contribution in [2.24, 2.45) is 0 Å². The van der Waals surface area contributed by atoms with Crippen molar-refractivity contribution in [2.45, 2.75) is 38.8 Å². The standard InChI is InChI=1S/C10H22N2O/c1-9(2)12(6-7-13)8-10-4-3-5-11-10/h9-11,13H,3-8H2,1-2H3. The van der Waals surface area contributed by atoms with Crippen LogP contribution in [0.15, 0.2) is 0 Å². The minimum atomic E-state index is 0.269. The van der Waals surface area contributed by atoms with E-state index >= 15 is 0 Å². The first-order valence-corrected chi connectivity index (χ1v) is 5.32. The van der Waals surface area contributed by atoms with Gasteiger partial charge in [-0.25, -0.2) is 0 Å². The van der Waals surface area contributed by atoms with Gasteiger partial charge in [-0.1, -0.05) is 0 Å². The van der Waals surface area contributed by atoms with E-state index in [1.165, 1.54) is 12.8 Å².